The molecule has 0 saturated heterocycles. The molecule has 0 bridgehead atoms. The van der Waals surface area contributed by atoms with E-state index in [-0.39, 0.29) is 11.0 Å². The average Bonchev–Trinajstić information content (AvgIpc) is 2.63. The van der Waals surface area contributed by atoms with Crippen molar-refractivity contribution in [2.45, 2.75) is 19.8 Å². The summed E-state index contributed by atoms with van der Waals surface area (Å²) in [6.07, 6.45) is 1.91. The van der Waals surface area contributed by atoms with E-state index in [0.29, 0.717) is 29.2 Å². The molecule has 7 heteroatoms. The maximum absolute atomic E-state index is 12.6. The first kappa shape index (κ1) is 19.9. The normalized spacial score (nSPS) is 9.88. The number of thiocarbonyl (C=S) groups is 1. The number of halogens is 1. The van der Waals surface area contributed by atoms with E-state index in [9.17, 15) is 4.79 Å². The zero-order chi connectivity index (χ0) is 18.9. The van der Waals surface area contributed by atoms with Crippen molar-refractivity contribution in [3.05, 3.63) is 58.1 Å². The molecule has 0 aliphatic carbocycles. The molecule has 0 fully saturated rings. The first-order chi connectivity index (χ1) is 12.5. The number of benzene rings is 2. The highest BCUT2D eigenvalue weighted by molar-refractivity contribution is 9.10. The van der Waals surface area contributed by atoms with Crippen molar-refractivity contribution >= 4 is 44.9 Å². The Morgan fingerprint density at radius 2 is 2.08 bits per heavy atom. The van der Waals surface area contributed by atoms with Gasteiger partial charge in [-0.05, 0) is 49.0 Å². The third-order valence-corrected chi connectivity index (χ3v) is 4.16. The summed E-state index contributed by atoms with van der Waals surface area (Å²) in [5.41, 5.74) is 1.36. The van der Waals surface area contributed by atoms with Crippen molar-refractivity contribution < 1.29 is 9.53 Å². The van der Waals surface area contributed by atoms with E-state index in [1.807, 2.05) is 6.07 Å². The second-order valence-electron chi connectivity index (χ2n) is 5.41. The highest BCUT2D eigenvalue weighted by Gasteiger charge is 2.15. The molecular weight excluding hydrogens is 414 g/mol. The summed E-state index contributed by atoms with van der Waals surface area (Å²) in [5.74, 6) is 0.115. The van der Waals surface area contributed by atoms with Crippen LogP contribution in [0.4, 0.5) is 5.69 Å². The Morgan fingerprint density at radius 1 is 1.31 bits per heavy atom. The maximum atomic E-state index is 12.6. The molecule has 0 saturated carbocycles. The van der Waals surface area contributed by atoms with E-state index >= 15 is 0 Å². The van der Waals surface area contributed by atoms with Crippen molar-refractivity contribution in [2.24, 2.45) is 0 Å². The van der Waals surface area contributed by atoms with E-state index in [1.165, 1.54) is 0 Å². The van der Waals surface area contributed by atoms with Crippen LogP contribution >= 0.6 is 28.1 Å². The Morgan fingerprint density at radius 3 is 2.81 bits per heavy atom. The number of nitrogens with one attached hydrogen (secondary N) is 2. The fourth-order valence-corrected chi connectivity index (χ4v) is 2.71. The first-order valence-electron chi connectivity index (χ1n) is 8.09. The number of hydrogen-bond donors (Lipinski definition) is 2. The summed E-state index contributed by atoms with van der Waals surface area (Å²) < 4.78 is 6.46. The lowest BCUT2D eigenvalue weighted by Gasteiger charge is -2.14. The Bertz CT molecular complexity index is 849. The van der Waals surface area contributed by atoms with Crippen LogP contribution in [0.3, 0.4) is 0 Å². The van der Waals surface area contributed by atoms with Gasteiger partial charge < -0.3 is 10.1 Å². The molecule has 2 rings (SSSR count). The molecule has 5 nitrogen and oxygen atoms in total. The van der Waals surface area contributed by atoms with Gasteiger partial charge in [-0.2, -0.15) is 5.26 Å². The van der Waals surface area contributed by atoms with E-state index in [2.05, 4.69) is 39.6 Å². The molecule has 1 amide bonds. The van der Waals surface area contributed by atoms with Crippen LogP contribution in [0.5, 0.6) is 5.75 Å². The topological polar surface area (TPSA) is 74.2 Å². The van der Waals surface area contributed by atoms with Gasteiger partial charge in [-0.1, -0.05) is 41.4 Å². The smallest absolute Gasteiger partial charge is 0.261 e. The number of carbonyl (C=O) groups is 1. The predicted octanol–water partition coefficient (Wildman–Crippen LogP) is 4.63. The molecule has 2 N–H and O–H groups in total. The van der Waals surface area contributed by atoms with Crippen molar-refractivity contribution in [1.29, 1.82) is 5.26 Å². The Hall–Kier alpha value is -2.43. The number of anilines is 1. The zero-order valence-electron chi connectivity index (χ0n) is 14.2. The van der Waals surface area contributed by atoms with Crippen LogP contribution in [0.15, 0.2) is 46.9 Å². The molecule has 26 heavy (non-hydrogen) atoms. The molecule has 2 aromatic rings. The molecule has 0 unspecified atom stereocenters. The lowest BCUT2D eigenvalue weighted by Crippen LogP contribution is -2.34. The van der Waals surface area contributed by atoms with Gasteiger partial charge in [0.05, 0.1) is 23.4 Å². The summed E-state index contributed by atoms with van der Waals surface area (Å²) in [4.78, 5) is 12.6. The van der Waals surface area contributed by atoms with Gasteiger partial charge >= 0.3 is 0 Å². The van der Waals surface area contributed by atoms with Gasteiger partial charge in [-0.3, -0.25) is 10.1 Å². The summed E-state index contributed by atoms with van der Waals surface area (Å²) in [6, 6.07) is 14.2. The highest BCUT2D eigenvalue weighted by Crippen LogP contribution is 2.23. The second kappa shape index (κ2) is 9.90. The number of para-hydroxylation sites is 1. The number of carbonyl (C=O) groups excluding carboxylic acids is 1. The van der Waals surface area contributed by atoms with E-state index < -0.39 is 0 Å². The number of ether oxygens (including phenoxy) is 1. The van der Waals surface area contributed by atoms with Gasteiger partial charge in [0.25, 0.3) is 5.91 Å². The minimum atomic E-state index is -0.385. The van der Waals surface area contributed by atoms with Crippen molar-refractivity contribution in [1.82, 2.24) is 5.32 Å². The molecule has 0 spiro atoms. The number of rotatable bonds is 6. The molecular formula is C19H18BrN3O2S. The summed E-state index contributed by atoms with van der Waals surface area (Å²) in [6.45, 7) is 2.61. The van der Waals surface area contributed by atoms with Crippen LogP contribution in [-0.4, -0.2) is 17.6 Å². The molecule has 0 aliphatic heterocycles. The van der Waals surface area contributed by atoms with Gasteiger partial charge in [0, 0.05) is 4.47 Å². The predicted molar refractivity (Wildman–Crippen MR) is 109 cm³/mol. The van der Waals surface area contributed by atoms with Crippen LogP contribution in [-0.2, 0) is 0 Å². The highest BCUT2D eigenvalue weighted by atomic mass is 79.9. The monoisotopic (exact) mass is 431 g/mol. The van der Waals surface area contributed by atoms with Crippen molar-refractivity contribution in [2.75, 3.05) is 11.9 Å². The minimum absolute atomic E-state index is 0.109. The summed E-state index contributed by atoms with van der Waals surface area (Å²) >= 11 is 8.56. The van der Waals surface area contributed by atoms with Crippen LogP contribution in [0, 0.1) is 11.3 Å². The van der Waals surface area contributed by atoms with Crippen LogP contribution in [0.1, 0.15) is 35.7 Å². The second-order valence-corrected chi connectivity index (χ2v) is 6.73. The number of hydrogen-bond acceptors (Lipinski definition) is 4. The first-order valence-corrected chi connectivity index (χ1v) is 9.29. The largest absolute Gasteiger partial charge is 0.493 e. The lowest BCUT2D eigenvalue weighted by molar-refractivity contribution is 0.0973. The van der Waals surface area contributed by atoms with Gasteiger partial charge in [0.2, 0.25) is 0 Å². The SMILES string of the molecule is CCCCOc1ccc(Br)cc1C(=O)NC(=S)Nc1ccccc1C#N. The third kappa shape index (κ3) is 5.55. The van der Waals surface area contributed by atoms with Gasteiger partial charge in [0.1, 0.15) is 11.8 Å². The van der Waals surface area contributed by atoms with Gasteiger partial charge in [0.15, 0.2) is 5.11 Å². The van der Waals surface area contributed by atoms with E-state index in [1.54, 1.807) is 36.4 Å². The van der Waals surface area contributed by atoms with Crippen molar-refractivity contribution in [3.63, 3.8) is 0 Å². The number of nitrogens with zero attached hydrogens (tertiary/aromatic N) is 1. The number of unbranched alkanes of at least 4 members (excludes halogenated alkanes) is 1. The quantitative estimate of drug-likeness (QED) is 0.515. The Labute approximate surface area is 166 Å². The third-order valence-electron chi connectivity index (χ3n) is 3.46. The van der Waals surface area contributed by atoms with Gasteiger partial charge in [-0.15, -0.1) is 0 Å². The average molecular weight is 432 g/mol. The zero-order valence-corrected chi connectivity index (χ0v) is 16.6. The van der Waals surface area contributed by atoms with E-state index in [4.69, 9.17) is 22.2 Å². The van der Waals surface area contributed by atoms with Gasteiger partial charge in [-0.25, -0.2) is 0 Å². The summed E-state index contributed by atoms with van der Waals surface area (Å²) in [7, 11) is 0. The Balaban J connectivity index is 2.10. The summed E-state index contributed by atoms with van der Waals surface area (Å²) in [5, 5.41) is 14.7. The minimum Gasteiger partial charge on any atom is -0.493 e. The lowest BCUT2D eigenvalue weighted by atomic mass is 10.2. The fourth-order valence-electron chi connectivity index (χ4n) is 2.15. The Kier molecular flexibility index (Phi) is 7.57. The maximum Gasteiger partial charge on any atom is 0.261 e. The fraction of sp³-hybridized carbons (Fsp3) is 0.211. The standard InChI is InChI=1S/C19H18BrN3O2S/c1-2-3-10-25-17-9-8-14(20)11-15(17)18(24)23-19(26)22-16-7-5-4-6-13(16)12-21/h4-9,11H,2-3,10H2,1H3,(H2,22,23,24,26). The molecule has 2 aromatic carbocycles. The van der Waals surface area contributed by atoms with Crippen LogP contribution in [0.25, 0.3) is 0 Å². The molecule has 0 atom stereocenters. The number of amides is 1. The number of nitriles is 1. The molecule has 0 aliphatic rings. The van der Waals surface area contributed by atoms with E-state index in [0.717, 1.165) is 17.3 Å². The molecule has 0 radical (unpaired) electrons. The van der Waals surface area contributed by atoms with Crippen LogP contribution in [0.2, 0.25) is 0 Å². The van der Waals surface area contributed by atoms with Crippen LogP contribution < -0.4 is 15.4 Å². The molecule has 0 aromatic heterocycles. The van der Waals surface area contributed by atoms with Crippen molar-refractivity contribution in [3.8, 4) is 11.8 Å². The molecule has 0 heterocycles. The molecule has 134 valence electrons.